The molecule has 6 nitrogen and oxygen atoms in total. The number of nitrogens with one attached hydrogen (secondary N) is 1. The van der Waals surface area contributed by atoms with Crippen LogP contribution >= 0.6 is 50.2 Å². The van der Waals surface area contributed by atoms with Gasteiger partial charge < -0.3 is 20.9 Å². The molecule has 0 saturated carbocycles. The average molecular weight is 573 g/mol. The Balaban J connectivity index is 0.000000360. The van der Waals surface area contributed by atoms with Crippen LogP contribution in [0.15, 0.2) is 28.1 Å². The van der Waals surface area contributed by atoms with Crippen molar-refractivity contribution in [3.63, 3.8) is 0 Å². The number of aliphatic carboxylic acids is 1. The van der Waals surface area contributed by atoms with Crippen LogP contribution in [0.25, 0.3) is 10.2 Å². The number of pyridine rings is 1. The van der Waals surface area contributed by atoms with Crippen LogP contribution in [0.3, 0.4) is 0 Å². The standard InChI is InChI=1S/C17H17BrClN3OS2.C2HF3O2/c18-14-15-17(25-16(14)10-8-23-4-3-11(10)20)12(6-13(19)22-15)21-7-9-2-1-5-24-9;3-2(4,5)1(6)7/h1-2,5-6,10-11H,3-4,7-8,20H2,(H,21,22);(H,6,7)/t10-,11-;/m0./s1. The van der Waals surface area contributed by atoms with Gasteiger partial charge in [-0.3, -0.25) is 0 Å². The number of carboxylic acid groups (broad SMARTS) is 1. The maximum absolute atomic E-state index is 10.6. The van der Waals surface area contributed by atoms with Crippen molar-refractivity contribution in [1.82, 2.24) is 4.98 Å². The summed E-state index contributed by atoms with van der Waals surface area (Å²) in [5, 5.41) is 13.2. The van der Waals surface area contributed by atoms with Crippen LogP contribution in [-0.4, -0.2) is 41.5 Å². The van der Waals surface area contributed by atoms with Crippen molar-refractivity contribution in [3.05, 3.63) is 43.0 Å². The van der Waals surface area contributed by atoms with E-state index in [1.807, 2.05) is 6.07 Å². The molecule has 4 N–H and O–H groups in total. The SMILES string of the molecule is N[C@H]1CCOC[C@@H]1c1sc2c(NCc3cccs3)cc(Cl)nc2c1Br.O=C(O)C(F)(F)F. The highest BCUT2D eigenvalue weighted by Gasteiger charge is 2.38. The number of hydrogen-bond donors (Lipinski definition) is 3. The Hall–Kier alpha value is -1.44. The van der Waals surface area contributed by atoms with Gasteiger partial charge in [-0.15, -0.1) is 22.7 Å². The maximum Gasteiger partial charge on any atom is 0.490 e. The molecule has 4 rings (SSSR count). The predicted octanol–water partition coefficient (Wildman–Crippen LogP) is 5.85. The Morgan fingerprint density at radius 3 is 2.78 bits per heavy atom. The highest BCUT2D eigenvalue weighted by atomic mass is 79.9. The first-order chi connectivity index (χ1) is 15.1. The normalized spacial score (nSPS) is 18.8. The average Bonchev–Trinajstić information content (AvgIpc) is 3.35. The van der Waals surface area contributed by atoms with E-state index in [9.17, 15) is 13.2 Å². The fourth-order valence-electron chi connectivity index (χ4n) is 3.02. The molecule has 1 aliphatic heterocycles. The minimum Gasteiger partial charge on any atom is -0.475 e. The van der Waals surface area contributed by atoms with E-state index in [0.29, 0.717) is 11.8 Å². The number of fused-ring (bicyclic) bond motifs is 1. The summed E-state index contributed by atoms with van der Waals surface area (Å²) in [6, 6.07) is 6.17. The number of alkyl halides is 3. The molecule has 0 amide bonds. The Morgan fingerprint density at radius 1 is 1.47 bits per heavy atom. The number of halogens is 5. The summed E-state index contributed by atoms with van der Waals surface area (Å²) in [5.41, 5.74) is 8.23. The molecule has 174 valence electrons. The smallest absolute Gasteiger partial charge is 0.475 e. The maximum atomic E-state index is 10.6. The van der Waals surface area contributed by atoms with Gasteiger partial charge in [0, 0.05) is 40.9 Å². The first-order valence-electron chi connectivity index (χ1n) is 9.26. The largest absolute Gasteiger partial charge is 0.490 e. The van der Waals surface area contributed by atoms with Crippen molar-refractivity contribution in [3.8, 4) is 0 Å². The Kier molecular flexibility index (Phi) is 8.39. The zero-order valence-corrected chi connectivity index (χ0v) is 20.3. The third-order valence-electron chi connectivity index (χ3n) is 4.60. The summed E-state index contributed by atoms with van der Waals surface area (Å²) in [5.74, 6) is -2.57. The molecular weight excluding hydrogens is 555 g/mol. The van der Waals surface area contributed by atoms with E-state index in [1.54, 1.807) is 22.7 Å². The Labute approximate surface area is 202 Å². The molecule has 0 spiro atoms. The number of aromatic nitrogens is 1. The first kappa shape index (κ1) is 25.2. The van der Waals surface area contributed by atoms with Crippen LogP contribution in [0.4, 0.5) is 18.9 Å². The molecule has 0 aromatic carbocycles. The fourth-order valence-corrected chi connectivity index (χ4v) is 6.09. The zero-order valence-electron chi connectivity index (χ0n) is 16.3. The topological polar surface area (TPSA) is 97.5 Å². The molecule has 0 unspecified atom stereocenters. The predicted molar refractivity (Wildman–Crippen MR) is 124 cm³/mol. The van der Waals surface area contributed by atoms with Gasteiger partial charge >= 0.3 is 12.1 Å². The lowest BCUT2D eigenvalue weighted by Crippen LogP contribution is -2.36. The number of nitrogens with two attached hydrogens (primary N) is 1. The van der Waals surface area contributed by atoms with Crippen LogP contribution in [0.1, 0.15) is 22.1 Å². The van der Waals surface area contributed by atoms with Gasteiger partial charge in [-0.2, -0.15) is 13.2 Å². The van der Waals surface area contributed by atoms with Crippen molar-refractivity contribution < 1.29 is 27.8 Å². The fraction of sp³-hybridized carbons (Fsp3) is 0.368. The summed E-state index contributed by atoms with van der Waals surface area (Å²) in [6.07, 6.45) is -4.21. The van der Waals surface area contributed by atoms with Gasteiger partial charge in [0.15, 0.2) is 0 Å². The van der Waals surface area contributed by atoms with E-state index in [2.05, 4.69) is 43.7 Å². The molecule has 3 aromatic rings. The van der Waals surface area contributed by atoms with E-state index < -0.39 is 12.1 Å². The van der Waals surface area contributed by atoms with Gasteiger partial charge in [0.1, 0.15) is 5.15 Å². The summed E-state index contributed by atoms with van der Waals surface area (Å²) in [6.45, 7) is 2.15. The molecule has 0 bridgehead atoms. The van der Waals surface area contributed by atoms with Gasteiger partial charge in [-0.1, -0.05) is 17.7 Å². The lowest BCUT2D eigenvalue weighted by Gasteiger charge is -2.28. The number of carboxylic acids is 1. The molecule has 1 fully saturated rings. The summed E-state index contributed by atoms with van der Waals surface area (Å²) >= 11 is 13.4. The second-order valence-electron chi connectivity index (χ2n) is 6.82. The van der Waals surface area contributed by atoms with E-state index in [4.69, 9.17) is 32.0 Å². The Bertz CT molecular complexity index is 1080. The minimum atomic E-state index is -5.08. The number of rotatable bonds is 4. The molecule has 4 heterocycles. The number of carbonyl (C=O) groups is 1. The van der Waals surface area contributed by atoms with Crippen molar-refractivity contribution in [1.29, 1.82) is 0 Å². The van der Waals surface area contributed by atoms with Crippen molar-refractivity contribution in [2.24, 2.45) is 5.73 Å². The van der Waals surface area contributed by atoms with Crippen LogP contribution in [-0.2, 0) is 16.1 Å². The van der Waals surface area contributed by atoms with Gasteiger partial charge in [0.05, 0.1) is 27.0 Å². The van der Waals surface area contributed by atoms with Crippen LogP contribution in [0.5, 0.6) is 0 Å². The van der Waals surface area contributed by atoms with Crippen LogP contribution in [0.2, 0.25) is 5.15 Å². The number of hydrogen-bond acceptors (Lipinski definition) is 7. The van der Waals surface area contributed by atoms with Gasteiger partial charge in [0.25, 0.3) is 0 Å². The molecule has 3 aromatic heterocycles. The molecule has 32 heavy (non-hydrogen) atoms. The lowest BCUT2D eigenvalue weighted by atomic mass is 9.95. The number of nitrogens with zero attached hydrogens (tertiary/aromatic N) is 1. The van der Waals surface area contributed by atoms with Crippen LogP contribution < -0.4 is 11.1 Å². The van der Waals surface area contributed by atoms with E-state index >= 15 is 0 Å². The van der Waals surface area contributed by atoms with Gasteiger partial charge in [-0.25, -0.2) is 9.78 Å². The minimum absolute atomic E-state index is 0.108. The molecule has 0 aliphatic carbocycles. The molecule has 13 heteroatoms. The highest BCUT2D eigenvalue weighted by molar-refractivity contribution is 9.10. The van der Waals surface area contributed by atoms with E-state index in [-0.39, 0.29) is 12.0 Å². The number of anilines is 1. The third-order valence-corrected chi connectivity index (χ3v) is 8.08. The quantitative estimate of drug-likeness (QED) is 0.339. The first-order valence-corrected chi connectivity index (χ1v) is 12.1. The zero-order chi connectivity index (χ0) is 23.5. The summed E-state index contributed by atoms with van der Waals surface area (Å²) in [4.78, 5) is 15.9. The Morgan fingerprint density at radius 2 is 2.19 bits per heavy atom. The second-order valence-corrected chi connectivity index (χ2v) is 10.1. The second kappa shape index (κ2) is 10.7. The van der Waals surface area contributed by atoms with E-state index in [0.717, 1.165) is 39.9 Å². The molecule has 1 saturated heterocycles. The van der Waals surface area contributed by atoms with Crippen molar-refractivity contribution >= 4 is 72.1 Å². The highest BCUT2D eigenvalue weighted by Crippen LogP contribution is 2.44. The molecule has 1 aliphatic rings. The monoisotopic (exact) mass is 571 g/mol. The van der Waals surface area contributed by atoms with Crippen molar-refractivity contribution in [2.75, 3.05) is 18.5 Å². The van der Waals surface area contributed by atoms with Gasteiger partial charge in [-0.05, 0) is 33.8 Å². The molecule has 2 atom stereocenters. The number of thiophene rings is 2. The van der Waals surface area contributed by atoms with E-state index in [1.165, 1.54) is 9.75 Å². The molecule has 0 radical (unpaired) electrons. The van der Waals surface area contributed by atoms with Crippen molar-refractivity contribution in [2.45, 2.75) is 31.1 Å². The van der Waals surface area contributed by atoms with Crippen LogP contribution in [0, 0.1) is 0 Å². The summed E-state index contributed by atoms with van der Waals surface area (Å²) < 4.78 is 39.5. The van der Waals surface area contributed by atoms with Gasteiger partial charge in [0.2, 0.25) is 0 Å². The summed E-state index contributed by atoms with van der Waals surface area (Å²) in [7, 11) is 0. The third kappa shape index (κ3) is 6.12. The molecular formula is C19H18BrClF3N3O3S2. The lowest BCUT2D eigenvalue weighted by molar-refractivity contribution is -0.192. The number of ether oxygens (including phenoxy) is 1.